The third kappa shape index (κ3) is 1.62. The highest BCUT2D eigenvalue weighted by atomic mass is 32.1. The summed E-state index contributed by atoms with van der Waals surface area (Å²) in [5, 5.41) is 0.698. The Hall–Kier alpha value is -1.01. The Bertz CT molecular complexity index is 351. The van der Waals surface area contributed by atoms with Gasteiger partial charge in [0, 0.05) is 24.5 Å². The van der Waals surface area contributed by atoms with Crippen molar-refractivity contribution in [2.45, 2.75) is 13.3 Å². The molecule has 1 saturated heterocycles. The molecule has 1 aliphatic heterocycles. The van der Waals surface area contributed by atoms with Gasteiger partial charge in [-0.3, -0.25) is 9.69 Å². The minimum atomic E-state index is 0.108. The molecule has 1 aromatic heterocycles. The number of hydrogen-bond acceptors (Lipinski definition) is 5. The molecule has 6 heteroatoms. The van der Waals surface area contributed by atoms with Crippen molar-refractivity contribution < 1.29 is 4.79 Å². The van der Waals surface area contributed by atoms with E-state index in [1.54, 1.807) is 4.90 Å². The molecule has 2 N–H and O–H groups in total. The van der Waals surface area contributed by atoms with E-state index in [1.165, 1.54) is 11.5 Å². The molecule has 0 aromatic carbocycles. The largest absolute Gasteiger partial charge is 0.330 e. The van der Waals surface area contributed by atoms with Gasteiger partial charge in [-0.15, -0.1) is 0 Å². The Labute approximate surface area is 86.1 Å². The van der Waals surface area contributed by atoms with Gasteiger partial charge in [0.05, 0.1) is 0 Å². The van der Waals surface area contributed by atoms with Gasteiger partial charge in [0.2, 0.25) is 11.0 Å². The summed E-state index contributed by atoms with van der Waals surface area (Å²) in [6, 6.07) is 0. The van der Waals surface area contributed by atoms with Crippen molar-refractivity contribution in [3.05, 3.63) is 5.82 Å². The Morgan fingerprint density at radius 3 is 3.00 bits per heavy atom. The lowest BCUT2D eigenvalue weighted by Crippen LogP contribution is -2.25. The van der Waals surface area contributed by atoms with Crippen molar-refractivity contribution in [3.63, 3.8) is 0 Å². The zero-order chi connectivity index (χ0) is 10.1. The van der Waals surface area contributed by atoms with Crippen LogP contribution in [0.2, 0.25) is 0 Å². The molecule has 0 aliphatic carbocycles. The minimum absolute atomic E-state index is 0.108. The van der Waals surface area contributed by atoms with E-state index in [2.05, 4.69) is 9.36 Å². The lowest BCUT2D eigenvalue weighted by Gasteiger charge is -2.10. The zero-order valence-electron chi connectivity index (χ0n) is 7.93. The summed E-state index contributed by atoms with van der Waals surface area (Å²) in [7, 11) is 0. The molecule has 1 amide bonds. The molecular formula is C8H12N4OS. The zero-order valence-corrected chi connectivity index (χ0v) is 8.75. The Morgan fingerprint density at radius 1 is 1.71 bits per heavy atom. The van der Waals surface area contributed by atoms with Crippen LogP contribution in [-0.2, 0) is 4.79 Å². The minimum Gasteiger partial charge on any atom is -0.330 e. The Balaban J connectivity index is 2.16. The lowest BCUT2D eigenvalue weighted by molar-refractivity contribution is -0.117. The van der Waals surface area contributed by atoms with Crippen LogP contribution in [0.15, 0.2) is 0 Å². The molecular weight excluding hydrogens is 200 g/mol. The quantitative estimate of drug-likeness (QED) is 0.758. The third-order valence-corrected chi connectivity index (χ3v) is 3.12. The summed E-state index contributed by atoms with van der Waals surface area (Å²) < 4.78 is 4.05. The number of rotatable bonds is 2. The van der Waals surface area contributed by atoms with Gasteiger partial charge < -0.3 is 5.73 Å². The second-order valence-corrected chi connectivity index (χ2v) is 4.16. The highest BCUT2D eigenvalue weighted by Crippen LogP contribution is 2.25. The van der Waals surface area contributed by atoms with Crippen LogP contribution in [0.5, 0.6) is 0 Å². The van der Waals surface area contributed by atoms with E-state index < -0.39 is 0 Å². The molecule has 2 heterocycles. The van der Waals surface area contributed by atoms with Crippen LogP contribution in [0.4, 0.5) is 5.13 Å². The predicted octanol–water partition coefficient (Wildman–Crippen LogP) is 0.158. The number of aryl methyl sites for hydroxylation is 1. The van der Waals surface area contributed by atoms with Crippen LogP contribution in [-0.4, -0.2) is 28.4 Å². The molecule has 14 heavy (non-hydrogen) atoms. The second-order valence-electron chi connectivity index (χ2n) is 3.43. The van der Waals surface area contributed by atoms with Crippen molar-refractivity contribution in [3.8, 4) is 0 Å². The molecule has 0 saturated carbocycles. The van der Waals surface area contributed by atoms with E-state index in [-0.39, 0.29) is 11.8 Å². The normalized spacial score (nSPS) is 22.0. The molecule has 1 aliphatic rings. The summed E-state index contributed by atoms with van der Waals surface area (Å²) in [5.41, 5.74) is 5.53. The summed E-state index contributed by atoms with van der Waals surface area (Å²) in [6.45, 7) is 3.06. The second kappa shape index (κ2) is 3.62. The number of aromatic nitrogens is 2. The van der Waals surface area contributed by atoms with E-state index in [0.29, 0.717) is 30.5 Å². The topological polar surface area (TPSA) is 72.1 Å². The first-order chi connectivity index (χ1) is 6.70. The van der Waals surface area contributed by atoms with E-state index in [4.69, 9.17) is 5.73 Å². The van der Waals surface area contributed by atoms with Crippen LogP contribution in [0.1, 0.15) is 12.2 Å². The molecule has 0 bridgehead atoms. The van der Waals surface area contributed by atoms with Gasteiger partial charge in [0.25, 0.3) is 0 Å². The summed E-state index contributed by atoms with van der Waals surface area (Å²) in [5.74, 6) is 1.09. The standard InChI is InChI=1S/C8H12N4OS/c1-5-10-8(14-11-5)12-4-6(3-9)2-7(12)13/h6H,2-4,9H2,1H3. The van der Waals surface area contributed by atoms with Crippen LogP contribution in [0, 0.1) is 12.8 Å². The van der Waals surface area contributed by atoms with Gasteiger partial charge in [-0.2, -0.15) is 4.37 Å². The first-order valence-electron chi connectivity index (χ1n) is 4.51. The van der Waals surface area contributed by atoms with Gasteiger partial charge in [-0.05, 0) is 19.4 Å². The van der Waals surface area contributed by atoms with Gasteiger partial charge in [-0.25, -0.2) is 4.98 Å². The first kappa shape index (κ1) is 9.54. The SMILES string of the molecule is Cc1nsc(N2CC(CN)CC2=O)n1. The summed E-state index contributed by atoms with van der Waals surface area (Å²) in [4.78, 5) is 17.4. The highest BCUT2D eigenvalue weighted by molar-refractivity contribution is 7.09. The highest BCUT2D eigenvalue weighted by Gasteiger charge is 2.31. The fraction of sp³-hybridized carbons (Fsp3) is 0.625. The molecule has 0 radical (unpaired) electrons. The van der Waals surface area contributed by atoms with Crippen molar-refractivity contribution in [2.24, 2.45) is 11.7 Å². The maximum absolute atomic E-state index is 11.6. The maximum atomic E-state index is 11.6. The maximum Gasteiger partial charge on any atom is 0.229 e. The summed E-state index contributed by atoms with van der Waals surface area (Å²) in [6.07, 6.45) is 0.537. The Morgan fingerprint density at radius 2 is 2.50 bits per heavy atom. The van der Waals surface area contributed by atoms with E-state index in [9.17, 15) is 4.79 Å². The average molecular weight is 212 g/mol. The molecule has 1 aromatic rings. The van der Waals surface area contributed by atoms with E-state index >= 15 is 0 Å². The molecule has 1 atom stereocenters. The number of nitrogens with two attached hydrogens (primary N) is 1. The predicted molar refractivity (Wildman–Crippen MR) is 54.2 cm³/mol. The number of carbonyl (C=O) groups excluding carboxylic acids is 1. The number of hydrogen-bond donors (Lipinski definition) is 1. The summed E-state index contributed by atoms with van der Waals surface area (Å²) >= 11 is 1.27. The van der Waals surface area contributed by atoms with Gasteiger partial charge in [0.15, 0.2) is 0 Å². The lowest BCUT2D eigenvalue weighted by atomic mass is 10.1. The van der Waals surface area contributed by atoms with Crippen molar-refractivity contribution in [1.29, 1.82) is 0 Å². The molecule has 0 spiro atoms. The number of anilines is 1. The van der Waals surface area contributed by atoms with Gasteiger partial charge >= 0.3 is 0 Å². The number of carbonyl (C=O) groups is 1. The number of amides is 1. The van der Waals surface area contributed by atoms with E-state index in [0.717, 1.165) is 0 Å². The van der Waals surface area contributed by atoms with Gasteiger partial charge in [-0.1, -0.05) is 0 Å². The van der Waals surface area contributed by atoms with Gasteiger partial charge in [0.1, 0.15) is 5.82 Å². The molecule has 5 nitrogen and oxygen atoms in total. The Kier molecular flexibility index (Phi) is 2.47. The molecule has 1 fully saturated rings. The molecule has 1 unspecified atom stereocenters. The number of nitrogens with zero attached hydrogens (tertiary/aromatic N) is 3. The third-order valence-electron chi connectivity index (χ3n) is 2.29. The van der Waals surface area contributed by atoms with Crippen LogP contribution >= 0.6 is 11.5 Å². The first-order valence-corrected chi connectivity index (χ1v) is 5.29. The van der Waals surface area contributed by atoms with E-state index in [1.807, 2.05) is 6.92 Å². The van der Waals surface area contributed by atoms with Crippen molar-refractivity contribution >= 4 is 22.6 Å². The van der Waals surface area contributed by atoms with Crippen molar-refractivity contribution in [1.82, 2.24) is 9.36 Å². The monoisotopic (exact) mass is 212 g/mol. The smallest absolute Gasteiger partial charge is 0.229 e. The molecule has 2 rings (SSSR count). The van der Waals surface area contributed by atoms with Crippen LogP contribution in [0.3, 0.4) is 0 Å². The van der Waals surface area contributed by atoms with Crippen molar-refractivity contribution in [2.75, 3.05) is 18.0 Å². The van der Waals surface area contributed by atoms with Crippen LogP contribution in [0.25, 0.3) is 0 Å². The fourth-order valence-corrected chi connectivity index (χ4v) is 2.22. The van der Waals surface area contributed by atoms with Crippen LogP contribution < -0.4 is 10.6 Å². The average Bonchev–Trinajstić information content (AvgIpc) is 2.71. The fourth-order valence-electron chi connectivity index (χ4n) is 1.52. The molecule has 76 valence electrons.